The van der Waals surface area contributed by atoms with Gasteiger partial charge in [0.1, 0.15) is 0 Å². The molecule has 0 radical (unpaired) electrons. The molecule has 0 saturated carbocycles. The molecule has 1 aliphatic heterocycles. The lowest BCUT2D eigenvalue weighted by molar-refractivity contribution is -0.126. The molecule has 1 N–H and O–H groups in total. The van der Waals surface area contributed by atoms with Gasteiger partial charge in [-0.15, -0.1) is 0 Å². The molecule has 0 aromatic heterocycles. The Balaban J connectivity index is 1.59. The van der Waals surface area contributed by atoms with Gasteiger partial charge in [-0.1, -0.05) is 53.0 Å². The van der Waals surface area contributed by atoms with Crippen LogP contribution in [0.4, 0.5) is 0 Å². The van der Waals surface area contributed by atoms with Crippen LogP contribution in [0.25, 0.3) is 0 Å². The number of nitrogens with one attached hydrogen (secondary N) is 1. The maximum atomic E-state index is 12.9. The van der Waals surface area contributed by atoms with Crippen molar-refractivity contribution in [3.63, 3.8) is 0 Å². The highest BCUT2D eigenvalue weighted by Crippen LogP contribution is 2.29. The van der Waals surface area contributed by atoms with Gasteiger partial charge in [-0.25, -0.2) is 12.7 Å². The summed E-state index contributed by atoms with van der Waals surface area (Å²) in [5.41, 5.74) is 3.80. The van der Waals surface area contributed by atoms with Crippen LogP contribution in [0.5, 0.6) is 0 Å². The monoisotopic (exact) mass is 482 g/mol. The molecule has 2 aromatic rings. The molecule has 1 amide bonds. The van der Waals surface area contributed by atoms with Crippen LogP contribution in [-0.4, -0.2) is 31.7 Å². The Morgan fingerprint density at radius 3 is 2.35 bits per heavy atom. The van der Waals surface area contributed by atoms with Crippen LogP contribution < -0.4 is 5.32 Å². The maximum absolute atomic E-state index is 12.9. The summed E-state index contributed by atoms with van der Waals surface area (Å²) in [7, 11) is -3.57. The molecule has 1 saturated heterocycles. The Labute approximate surface area is 194 Å². The molecular weight excluding hydrogens is 455 g/mol. The third-order valence-electron chi connectivity index (χ3n) is 5.87. The second kappa shape index (κ2) is 9.90. The molecule has 1 unspecified atom stereocenters. The molecule has 5 nitrogen and oxygen atoms in total. The summed E-state index contributed by atoms with van der Waals surface area (Å²) in [4.78, 5) is 12.8. The Hall–Kier alpha value is -1.60. The SMILES string of the molecule is Cc1ccc(C)c(C(C)NC(=O)C2CCN(S(=O)(=O)Cc3c(Cl)cccc3Cl)CC2)c1. The van der Waals surface area contributed by atoms with Gasteiger partial charge in [0.2, 0.25) is 15.9 Å². The minimum absolute atomic E-state index is 0.0281. The van der Waals surface area contributed by atoms with Gasteiger partial charge in [0.05, 0.1) is 11.8 Å². The number of nitrogens with zero attached hydrogens (tertiary/aromatic N) is 1. The van der Waals surface area contributed by atoms with Gasteiger partial charge >= 0.3 is 0 Å². The summed E-state index contributed by atoms with van der Waals surface area (Å²) in [6.07, 6.45) is 0.974. The lowest BCUT2D eigenvalue weighted by atomic mass is 9.95. The number of hydrogen-bond acceptors (Lipinski definition) is 3. The topological polar surface area (TPSA) is 66.5 Å². The summed E-state index contributed by atoms with van der Waals surface area (Å²) in [5, 5.41) is 3.78. The van der Waals surface area contributed by atoms with E-state index in [1.165, 1.54) is 4.31 Å². The lowest BCUT2D eigenvalue weighted by Crippen LogP contribution is -2.43. The molecule has 2 aromatic carbocycles. The van der Waals surface area contributed by atoms with E-state index in [0.29, 0.717) is 41.5 Å². The number of carbonyl (C=O) groups is 1. The van der Waals surface area contributed by atoms with E-state index in [4.69, 9.17) is 23.2 Å². The maximum Gasteiger partial charge on any atom is 0.223 e. The van der Waals surface area contributed by atoms with E-state index in [1.807, 2.05) is 20.8 Å². The molecule has 0 bridgehead atoms. The van der Waals surface area contributed by atoms with Crippen LogP contribution in [0.3, 0.4) is 0 Å². The van der Waals surface area contributed by atoms with Gasteiger partial charge in [-0.3, -0.25) is 4.79 Å². The Kier molecular flexibility index (Phi) is 7.68. The number of carbonyl (C=O) groups excluding carboxylic acids is 1. The van der Waals surface area contributed by atoms with E-state index in [2.05, 4.69) is 23.5 Å². The minimum atomic E-state index is -3.57. The van der Waals surface area contributed by atoms with E-state index < -0.39 is 10.0 Å². The summed E-state index contributed by atoms with van der Waals surface area (Å²) in [6, 6.07) is 11.1. The summed E-state index contributed by atoms with van der Waals surface area (Å²) >= 11 is 12.3. The fourth-order valence-corrected chi connectivity index (χ4v) is 6.29. The third-order valence-corrected chi connectivity index (χ3v) is 8.38. The average Bonchev–Trinajstić information content (AvgIpc) is 2.72. The highest BCUT2D eigenvalue weighted by Gasteiger charge is 2.32. The summed E-state index contributed by atoms with van der Waals surface area (Å²) < 4.78 is 27.2. The Morgan fingerprint density at radius 1 is 1.13 bits per heavy atom. The van der Waals surface area contributed by atoms with Crippen molar-refractivity contribution < 1.29 is 13.2 Å². The van der Waals surface area contributed by atoms with Crippen LogP contribution in [0.2, 0.25) is 10.0 Å². The molecule has 1 atom stereocenters. The lowest BCUT2D eigenvalue weighted by Gasteiger charge is -2.31. The minimum Gasteiger partial charge on any atom is -0.349 e. The smallest absolute Gasteiger partial charge is 0.223 e. The molecule has 1 aliphatic rings. The van der Waals surface area contributed by atoms with Crippen molar-refractivity contribution in [1.29, 1.82) is 0 Å². The van der Waals surface area contributed by atoms with E-state index in [1.54, 1.807) is 18.2 Å². The van der Waals surface area contributed by atoms with E-state index in [0.717, 1.165) is 16.7 Å². The largest absolute Gasteiger partial charge is 0.349 e. The number of piperidine rings is 1. The Morgan fingerprint density at radius 2 is 1.74 bits per heavy atom. The van der Waals surface area contributed by atoms with Crippen LogP contribution in [0.1, 0.15) is 48.1 Å². The summed E-state index contributed by atoms with van der Waals surface area (Å²) in [5.74, 6) is -0.478. The van der Waals surface area contributed by atoms with Crippen molar-refractivity contribution in [3.8, 4) is 0 Å². The van der Waals surface area contributed by atoms with Crippen LogP contribution in [0, 0.1) is 19.8 Å². The highest BCUT2D eigenvalue weighted by molar-refractivity contribution is 7.88. The number of sulfonamides is 1. The quantitative estimate of drug-likeness (QED) is 0.627. The molecule has 1 fully saturated rings. The van der Waals surface area contributed by atoms with Crippen molar-refractivity contribution in [2.75, 3.05) is 13.1 Å². The van der Waals surface area contributed by atoms with Crippen LogP contribution in [0.15, 0.2) is 36.4 Å². The number of aryl methyl sites for hydroxylation is 2. The first-order valence-electron chi connectivity index (χ1n) is 10.4. The third kappa shape index (κ3) is 5.80. The van der Waals surface area contributed by atoms with Gasteiger partial charge in [-0.2, -0.15) is 0 Å². The van der Waals surface area contributed by atoms with Crippen LogP contribution >= 0.6 is 23.2 Å². The normalized spacial score (nSPS) is 16.8. The first-order chi connectivity index (χ1) is 14.6. The number of halogens is 2. The molecule has 3 rings (SSSR count). The molecule has 1 heterocycles. The first-order valence-corrected chi connectivity index (χ1v) is 12.7. The van der Waals surface area contributed by atoms with E-state index >= 15 is 0 Å². The second-order valence-electron chi connectivity index (χ2n) is 8.22. The molecule has 31 heavy (non-hydrogen) atoms. The highest BCUT2D eigenvalue weighted by atomic mass is 35.5. The predicted molar refractivity (Wildman–Crippen MR) is 126 cm³/mol. The molecule has 0 aliphatic carbocycles. The van der Waals surface area contributed by atoms with Crippen molar-refractivity contribution >= 4 is 39.1 Å². The zero-order chi connectivity index (χ0) is 22.8. The number of benzene rings is 2. The fraction of sp³-hybridized carbons (Fsp3) is 0.435. The van der Waals surface area contributed by atoms with Gasteiger partial charge in [0.25, 0.3) is 0 Å². The zero-order valence-electron chi connectivity index (χ0n) is 18.0. The van der Waals surface area contributed by atoms with E-state index in [-0.39, 0.29) is 23.6 Å². The van der Waals surface area contributed by atoms with Crippen molar-refractivity contribution in [1.82, 2.24) is 9.62 Å². The Bertz CT molecular complexity index is 1040. The van der Waals surface area contributed by atoms with Crippen molar-refractivity contribution in [2.24, 2.45) is 5.92 Å². The summed E-state index contributed by atoms with van der Waals surface area (Å²) in [6.45, 7) is 6.66. The van der Waals surface area contributed by atoms with Gasteiger partial charge in [0, 0.05) is 34.6 Å². The number of amides is 1. The van der Waals surface area contributed by atoms with Gasteiger partial charge < -0.3 is 5.32 Å². The molecular formula is C23H28Cl2N2O3S. The fourth-order valence-electron chi connectivity index (χ4n) is 3.98. The predicted octanol–water partition coefficient (Wildman–Crippen LogP) is 5.03. The standard InChI is InChI=1S/C23H28Cl2N2O3S/c1-15-7-8-16(2)19(13-15)17(3)26-23(28)18-9-11-27(12-10-18)31(29,30)14-20-21(24)5-4-6-22(20)25/h4-8,13,17-18H,9-12,14H2,1-3H3,(H,26,28). The number of rotatable bonds is 6. The van der Waals surface area contributed by atoms with Gasteiger partial charge in [-0.05, 0) is 56.9 Å². The molecule has 168 valence electrons. The average molecular weight is 483 g/mol. The van der Waals surface area contributed by atoms with E-state index in [9.17, 15) is 13.2 Å². The second-order valence-corrected chi connectivity index (χ2v) is 11.0. The number of hydrogen-bond donors (Lipinski definition) is 1. The molecule has 8 heteroatoms. The van der Waals surface area contributed by atoms with Crippen LogP contribution in [-0.2, 0) is 20.6 Å². The van der Waals surface area contributed by atoms with Crippen molar-refractivity contribution in [2.45, 2.75) is 45.4 Å². The van der Waals surface area contributed by atoms with Crippen molar-refractivity contribution in [3.05, 3.63) is 68.7 Å². The zero-order valence-corrected chi connectivity index (χ0v) is 20.3. The molecule has 0 spiro atoms. The van der Waals surface area contributed by atoms with Gasteiger partial charge in [0.15, 0.2) is 0 Å². The first kappa shape index (κ1) is 24.1.